The van der Waals surface area contributed by atoms with Crippen molar-refractivity contribution in [3.8, 4) is 0 Å². The highest BCUT2D eigenvalue weighted by Crippen LogP contribution is 2.46. The van der Waals surface area contributed by atoms with Crippen LogP contribution in [-0.2, 0) is 19.2 Å². The minimum Gasteiger partial charge on any atom is -0.481 e. The van der Waals surface area contributed by atoms with Gasteiger partial charge >= 0.3 is 23.9 Å². The SMILES string of the molecule is CC(C)C(C)(C(=O)O)C(C(=O)O)(C(=O)O)C(=O)O. The number of aliphatic carboxylic acids is 4. The van der Waals surface area contributed by atoms with E-state index in [-0.39, 0.29) is 0 Å². The van der Waals surface area contributed by atoms with Gasteiger partial charge in [-0.1, -0.05) is 13.8 Å². The van der Waals surface area contributed by atoms with Crippen molar-refractivity contribution in [2.45, 2.75) is 20.8 Å². The van der Waals surface area contributed by atoms with E-state index < -0.39 is 40.6 Å². The Morgan fingerprint density at radius 2 is 1.06 bits per heavy atom. The van der Waals surface area contributed by atoms with Crippen LogP contribution in [0.5, 0.6) is 0 Å². The first-order valence-corrected chi connectivity index (χ1v) is 4.90. The van der Waals surface area contributed by atoms with Crippen LogP contribution < -0.4 is 0 Å². The van der Waals surface area contributed by atoms with Crippen LogP contribution in [-0.4, -0.2) is 44.3 Å². The summed E-state index contributed by atoms with van der Waals surface area (Å²) < 4.78 is 0. The molecular weight excluding hydrogens is 248 g/mol. The van der Waals surface area contributed by atoms with Crippen LogP contribution in [0.15, 0.2) is 0 Å². The van der Waals surface area contributed by atoms with Gasteiger partial charge < -0.3 is 20.4 Å². The summed E-state index contributed by atoms with van der Waals surface area (Å²) in [5.74, 6) is -9.49. The Kier molecular flexibility index (Phi) is 4.09. The van der Waals surface area contributed by atoms with E-state index >= 15 is 0 Å². The van der Waals surface area contributed by atoms with Gasteiger partial charge in [0.2, 0.25) is 0 Å². The van der Waals surface area contributed by atoms with Crippen molar-refractivity contribution in [2.75, 3.05) is 0 Å². The minimum atomic E-state index is -3.45. The first kappa shape index (κ1) is 15.9. The van der Waals surface area contributed by atoms with Gasteiger partial charge in [0.05, 0.1) is 0 Å². The lowest BCUT2D eigenvalue weighted by Gasteiger charge is -2.39. The predicted molar refractivity (Wildman–Crippen MR) is 55.9 cm³/mol. The Morgan fingerprint density at radius 1 is 0.778 bits per heavy atom. The van der Waals surface area contributed by atoms with Crippen LogP contribution in [0.3, 0.4) is 0 Å². The molecule has 8 heteroatoms. The fourth-order valence-electron chi connectivity index (χ4n) is 1.78. The van der Waals surface area contributed by atoms with Gasteiger partial charge in [0.25, 0.3) is 5.41 Å². The zero-order chi connectivity index (χ0) is 14.9. The van der Waals surface area contributed by atoms with Gasteiger partial charge in [-0.3, -0.25) is 19.2 Å². The van der Waals surface area contributed by atoms with Crippen LogP contribution in [0.1, 0.15) is 20.8 Å². The lowest BCUT2D eigenvalue weighted by atomic mass is 9.58. The summed E-state index contributed by atoms with van der Waals surface area (Å²) in [6.07, 6.45) is 0. The largest absolute Gasteiger partial charge is 0.481 e. The molecule has 0 amide bonds. The van der Waals surface area contributed by atoms with Gasteiger partial charge in [0.1, 0.15) is 5.41 Å². The summed E-state index contributed by atoms with van der Waals surface area (Å²) in [4.78, 5) is 44.6. The molecule has 1 unspecified atom stereocenters. The van der Waals surface area contributed by atoms with Crippen molar-refractivity contribution in [1.29, 1.82) is 0 Å². The maximum absolute atomic E-state index is 11.2. The molecule has 0 aliphatic heterocycles. The van der Waals surface area contributed by atoms with Gasteiger partial charge in [-0.05, 0) is 12.8 Å². The van der Waals surface area contributed by atoms with Gasteiger partial charge in [0, 0.05) is 0 Å². The van der Waals surface area contributed by atoms with Crippen LogP contribution in [0.4, 0.5) is 0 Å². The number of rotatable bonds is 6. The average Bonchev–Trinajstić information content (AvgIpc) is 2.15. The average molecular weight is 262 g/mol. The monoisotopic (exact) mass is 262 g/mol. The molecule has 8 nitrogen and oxygen atoms in total. The van der Waals surface area contributed by atoms with E-state index in [4.69, 9.17) is 20.4 Å². The smallest absolute Gasteiger partial charge is 0.333 e. The molecule has 0 aromatic carbocycles. The van der Waals surface area contributed by atoms with Gasteiger partial charge in [-0.25, -0.2) is 0 Å². The second kappa shape index (κ2) is 4.63. The molecular formula is C10H14O8. The molecule has 18 heavy (non-hydrogen) atoms. The quantitative estimate of drug-likeness (QED) is 0.487. The molecule has 0 bridgehead atoms. The molecule has 1 atom stereocenters. The number of carboxylic acid groups (broad SMARTS) is 4. The maximum atomic E-state index is 11.2. The van der Waals surface area contributed by atoms with Crippen molar-refractivity contribution in [3.05, 3.63) is 0 Å². The van der Waals surface area contributed by atoms with Crippen molar-refractivity contribution < 1.29 is 39.6 Å². The molecule has 102 valence electrons. The lowest BCUT2D eigenvalue weighted by Crippen LogP contribution is -2.62. The van der Waals surface area contributed by atoms with Crippen LogP contribution >= 0.6 is 0 Å². The van der Waals surface area contributed by atoms with Crippen LogP contribution in [0, 0.1) is 16.7 Å². The molecule has 0 rings (SSSR count). The summed E-state index contributed by atoms with van der Waals surface area (Å²) >= 11 is 0. The Morgan fingerprint density at radius 3 is 1.11 bits per heavy atom. The third kappa shape index (κ3) is 1.69. The highest BCUT2D eigenvalue weighted by atomic mass is 16.4. The van der Waals surface area contributed by atoms with Crippen molar-refractivity contribution in [1.82, 2.24) is 0 Å². The second-order valence-electron chi connectivity index (χ2n) is 4.33. The summed E-state index contributed by atoms with van der Waals surface area (Å²) in [6.45, 7) is 3.30. The third-order valence-corrected chi connectivity index (χ3v) is 3.34. The van der Waals surface area contributed by atoms with E-state index in [1.807, 2.05) is 0 Å². The van der Waals surface area contributed by atoms with Gasteiger partial charge in [-0.15, -0.1) is 0 Å². The Labute approximate surface area is 102 Å². The topological polar surface area (TPSA) is 149 Å². The molecule has 0 fully saturated rings. The summed E-state index contributed by atoms with van der Waals surface area (Å²) in [5.41, 5.74) is -5.95. The van der Waals surface area contributed by atoms with E-state index in [0.29, 0.717) is 0 Å². The van der Waals surface area contributed by atoms with Crippen LogP contribution in [0.25, 0.3) is 0 Å². The van der Waals surface area contributed by atoms with E-state index in [1.54, 1.807) is 0 Å². The number of carbonyl (C=O) groups is 4. The number of carboxylic acids is 4. The molecule has 0 heterocycles. The normalized spacial score (nSPS) is 14.9. The Bertz CT molecular complexity index is 374. The molecule has 0 radical (unpaired) electrons. The molecule has 0 aliphatic rings. The van der Waals surface area contributed by atoms with Crippen molar-refractivity contribution in [3.63, 3.8) is 0 Å². The second-order valence-corrected chi connectivity index (χ2v) is 4.33. The third-order valence-electron chi connectivity index (χ3n) is 3.34. The van der Waals surface area contributed by atoms with E-state index in [9.17, 15) is 19.2 Å². The van der Waals surface area contributed by atoms with Gasteiger partial charge in [0.15, 0.2) is 0 Å². The molecule has 0 saturated heterocycles. The number of hydrogen-bond donors (Lipinski definition) is 4. The Hall–Kier alpha value is -2.12. The molecule has 0 spiro atoms. The lowest BCUT2D eigenvalue weighted by molar-refractivity contribution is -0.197. The molecule has 0 aromatic rings. The first-order valence-electron chi connectivity index (χ1n) is 4.90. The fourth-order valence-corrected chi connectivity index (χ4v) is 1.78. The molecule has 0 aliphatic carbocycles. The van der Waals surface area contributed by atoms with E-state index in [2.05, 4.69) is 0 Å². The standard InChI is InChI=1S/C10H14O8/c1-4(2)9(3,5(11)12)10(6(13)14,7(15)16)8(17)18/h4H,1-3H3,(H,11,12)(H,13,14)(H,15,16)(H,17,18). The Balaban J connectivity index is 6.50. The van der Waals surface area contributed by atoms with Crippen LogP contribution in [0.2, 0.25) is 0 Å². The predicted octanol–water partition coefficient (Wildman–Crippen LogP) is -0.0265. The summed E-state index contributed by atoms with van der Waals surface area (Å²) in [6, 6.07) is 0. The summed E-state index contributed by atoms with van der Waals surface area (Å²) in [7, 11) is 0. The minimum absolute atomic E-state index is 0.802. The highest BCUT2D eigenvalue weighted by Gasteiger charge is 2.71. The highest BCUT2D eigenvalue weighted by molar-refractivity contribution is 6.20. The molecule has 4 N–H and O–H groups in total. The summed E-state index contributed by atoms with van der Waals surface area (Å²) in [5, 5.41) is 36.0. The zero-order valence-electron chi connectivity index (χ0n) is 10.00. The van der Waals surface area contributed by atoms with Gasteiger partial charge in [-0.2, -0.15) is 0 Å². The van der Waals surface area contributed by atoms with E-state index in [0.717, 1.165) is 6.92 Å². The van der Waals surface area contributed by atoms with E-state index in [1.165, 1.54) is 13.8 Å². The first-order chi connectivity index (χ1) is 7.97. The zero-order valence-corrected chi connectivity index (χ0v) is 10.00. The van der Waals surface area contributed by atoms with Crippen molar-refractivity contribution in [2.24, 2.45) is 16.7 Å². The molecule has 0 saturated carbocycles. The molecule has 0 aromatic heterocycles. The fraction of sp³-hybridized carbons (Fsp3) is 0.600. The maximum Gasteiger partial charge on any atom is 0.333 e. The number of hydrogen-bond acceptors (Lipinski definition) is 4. The van der Waals surface area contributed by atoms with Crippen molar-refractivity contribution >= 4 is 23.9 Å².